The van der Waals surface area contributed by atoms with Crippen molar-refractivity contribution in [1.29, 1.82) is 0 Å². The molecule has 0 aromatic carbocycles. The first-order valence-corrected chi connectivity index (χ1v) is 4.19. The second-order valence-corrected chi connectivity index (χ2v) is 2.69. The summed E-state index contributed by atoms with van der Waals surface area (Å²) in [4.78, 5) is 0. The van der Waals surface area contributed by atoms with E-state index in [0.29, 0.717) is 12.1 Å². The molecular weight excluding hydrogens is 124 g/mol. The zero-order valence-electron chi connectivity index (χ0n) is 7.57. The Morgan fingerprint density at radius 3 is 1.40 bits per heavy atom. The largest absolute Gasteiger partial charge is 0.313 e. The highest BCUT2D eigenvalue weighted by molar-refractivity contribution is 4.72. The van der Waals surface area contributed by atoms with E-state index in [1.165, 1.54) is 0 Å². The molecule has 2 nitrogen and oxygen atoms in total. The van der Waals surface area contributed by atoms with Gasteiger partial charge in [0.1, 0.15) is 0 Å². The second kappa shape index (κ2) is 5.69. The van der Waals surface area contributed by atoms with Crippen LogP contribution in [0.1, 0.15) is 27.7 Å². The number of rotatable bonds is 5. The van der Waals surface area contributed by atoms with Gasteiger partial charge in [0.2, 0.25) is 0 Å². The van der Waals surface area contributed by atoms with Crippen molar-refractivity contribution in [2.75, 3.05) is 13.1 Å². The molecule has 0 aliphatic rings. The Labute approximate surface area is 64.4 Å². The maximum Gasteiger partial charge on any atom is 0.0190 e. The number of hydrogen-bond acceptors (Lipinski definition) is 2. The van der Waals surface area contributed by atoms with Gasteiger partial charge in [-0.25, -0.2) is 0 Å². The summed E-state index contributed by atoms with van der Waals surface area (Å²) in [5, 5.41) is 6.74. The van der Waals surface area contributed by atoms with E-state index in [1.54, 1.807) is 0 Å². The van der Waals surface area contributed by atoms with Crippen LogP contribution < -0.4 is 10.6 Å². The van der Waals surface area contributed by atoms with Gasteiger partial charge in [0.15, 0.2) is 0 Å². The molecule has 0 radical (unpaired) electrons. The first kappa shape index (κ1) is 9.92. The van der Waals surface area contributed by atoms with Gasteiger partial charge in [-0.3, -0.25) is 0 Å². The third kappa shape index (κ3) is 3.85. The highest BCUT2D eigenvalue weighted by Crippen LogP contribution is 1.89. The maximum atomic E-state index is 3.37. The minimum atomic E-state index is 0.574. The quantitative estimate of drug-likeness (QED) is 0.601. The van der Waals surface area contributed by atoms with Crippen LogP contribution in [0, 0.1) is 0 Å². The third-order valence-electron chi connectivity index (χ3n) is 1.80. The van der Waals surface area contributed by atoms with Crippen LogP contribution in [0.3, 0.4) is 0 Å². The molecule has 0 amide bonds. The van der Waals surface area contributed by atoms with Gasteiger partial charge in [-0.05, 0) is 26.9 Å². The van der Waals surface area contributed by atoms with E-state index in [9.17, 15) is 0 Å². The number of hydrogen-bond donors (Lipinski definition) is 2. The second-order valence-electron chi connectivity index (χ2n) is 2.69. The lowest BCUT2D eigenvalue weighted by atomic mass is 10.2. The molecule has 0 fully saturated rings. The minimum absolute atomic E-state index is 0.574. The van der Waals surface area contributed by atoms with Gasteiger partial charge in [0, 0.05) is 12.1 Å². The van der Waals surface area contributed by atoms with Gasteiger partial charge < -0.3 is 10.6 Å². The van der Waals surface area contributed by atoms with Gasteiger partial charge in [-0.1, -0.05) is 13.8 Å². The fraction of sp³-hybridized carbons (Fsp3) is 1.00. The van der Waals surface area contributed by atoms with Crippen molar-refractivity contribution in [2.45, 2.75) is 39.8 Å². The molecule has 0 spiro atoms. The van der Waals surface area contributed by atoms with Crippen LogP contribution in [-0.4, -0.2) is 25.2 Å². The topological polar surface area (TPSA) is 24.1 Å². The van der Waals surface area contributed by atoms with Gasteiger partial charge in [-0.2, -0.15) is 0 Å². The lowest BCUT2D eigenvalue weighted by Gasteiger charge is -2.20. The van der Waals surface area contributed by atoms with Crippen molar-refractivity contribution in [1.82, 2.24) is 10.6 Å². The standard InChI is InChI=1S/C8H20N2/c1-5-9-7(3)8(4)10-6-2/h7-10H,5-6H2,1-4H3/t7-,8-/m0/s1. The van der Waals surface area contributed by atoms with E-state index in [-0.39, 0.29) is 0 Å². The van der Waals surface area contributed by atoms with Crippen molar-refractivity contribution < 1.29 is 0 Å². The predicted molar refractivity (Wildman–Crippen MR) is 46.3 cm³/mol. The van der Waals surface area contributed by atoms with E-state index < -0.39 is 0 Å². The summed E-state index contributed by atoms with van der Waals surface area (Å²) in [5.41, 5.74) is 0. The smallest absolute Gasteiger partial charge is 0.0190 e. The Hall–Kier alpha value is -0.0800. The van der Waals surface area contributed by atoms with E-state index in [2.05, 4.69) is 38.3 Å². The van der Waals surface area contributed by atoms with E-state index in [4.69, 9.17) is 0 Å². The van der Waals surface area contributed by atoms with Crippen LogP contribution in [0.2, 0.25) is 0 Å². The first-order chi connectivity index (χ1) is 4.72. The summed E-state index contributed by atoms with van der Waals surface area (Å²) >= 11 is 0. The highest BCUT2D eigenvalue weighted by atomic mass is 15.0. The van der Waals surface area contributed by atoms with Crippen LogP contribution in [-0.2, 0) is 0 Å². The summed E-state index contributed by atoms with van der Waals surface area (Å²) < 4.78 is 0. The van der Waals surface area contributed by atoms with E-state index in [1.807, 2.05) is 0 Å². The molecule has 0 unspecified atom stereocenters. The fourth-order valence-electron chi connectivity index (χ4n) is 0.998. The van der Waals surface area contributed by atoms with Crippen LogP contribution >= 0.6 is 0 Å². The monoisotopic (exact) mass is 144 g/mol. The summed E-state index contributed by atoms with van der Waals surface area (Å²) in [6.45, 7) is 10.8. The molecule has 62 valence electrons. The summed E-state index contributed by atoms with van der Waals surface area (Å²) in [6.07, 6.45) is 0. The SMILES string of the molecule is CCN[C@@H](C)[C@H](C)NCC. The molecule has 0 bridgehead atoms. The summed E-state index contributed by atoms with van der Waals surface area (Å²) in [5.74, 6) is 0. The van der Waals surface area contributed by atoms with Crippen LogP contribution in [0.5, 0.6) is 0 Å². The number of nitrogens with one attached hydrogen (secondary N) is 2. The van der Waals surface area contributed by atoms with Gasteiger partial charge in [0.05, 0.1) is 0 Å². The Morgan fingerprint density at radius 1 is 0.900 bits per heavy atom. The molecule has 10 heavy (non-hydrogen) atoms. The molecular formula is C8H20N2. The Bertz CT molecular complexity index is 63.7. The normalized spacial score (nSPS) is 16.8. The molecule has 2 atom stereocenters. The molecule has 0 saturated carbocycles. The van der Waals surface area contributed by atoms with Crippen molar-refractivity contribution in [3.8, 4) is 0 Å². The summed E-state index contributed by atoms with van der Waals surface area (Å²) in [6, 6.07) is 1.15. The third-order valence-corrected chi connectivity index (χ3v) is 1.80. The van der Waals surface area contributed by atoms with Gasteiger partial charge in [0.25, 0.3) is 0 Å². The fourth-order valence-corrected chi connectivity index (χ4v) is 0.998. The maximum absolute atomic E-state index is 3.37. The molecule has 2 heteroatoms. The van der Waals surface area contributed by atoms with E-state index >= 15 is 0 Å². The van der Waals surface area contributed by atoms with Crippen LogP contribution in [0.25, 0.3) is 0 Å². The molecule has 0 aliphatic heterocycles. The average Bonchev–Trinajstić information content (AvgIpc) is 1.89. The Kier molecular flexibility index (Phi) is 5.64. The van der Waals surface area contributed by atoms with Gasteiger partial charge >= 0.3 is 0 Å². The summed E-state index contributed by atoms with van der Waals surface area (Å²) in [7, 11) is 0. The molecule has 0 aromatic rings. The number of likely N-dealkylation sites (N-methyl/N-ethyl adjacent to an activating group) is 2. The zero-order chi connectivity index (χ0) is 7.98. The Morgan fingerprint density at radius 2 is 1.20 bits per heavy atom. The first-order valence-electron chi connectivity index (χ1n) is 4.19. The Balaban J connectivity index is 3.38. The molecule has 0 aromatic heterocycles. The van der Waals surface area contributed by atoms with Crippen molar-refractivity contribution in [3.63, 3.8) is 0 Å². The lowest BCUT2D eigenvalue weighted by molar-refractivity contribution is 0.424. The van der Waals surface area contributed by atoms with Crippen molar-refractivity contribution >= 4 is 0 Å². The molecule has 0 aliphatic carbocycles. The van der Waals surface area contributed by atoms with Crippen molar-refractivity contribution in [3.05, 3.63) is 0 Å². The van der Waals surface area contributed by atoms with E-state index in [0.717, 1.165) is 13.1 Å². The zero-order valence-corrected chi connectivity index (χ0v) is 7.57. The minimum Gasteiger partial charge on any atom is -0.313 e. The van der Waals surface area contributed by atoms with Crippen LogP contribution in [0.4, 0.5) is 0 Å². The van der Waals surface area contributed by atoms with Crippen molar-refractivity contribution in [2.24, 2.45) is 0 Å². The predicted octanol–water partition coefficient (Wildman–Crippen LogP) is 0.982. The average molecular weight is 144 g/mol. The molecule has 0 saturated heterocycles. The highest BCUT2D eigenvalue weighted by Gasteiger charge is 2.07. The molecule has 0 heterocycles. The van der Waals surface area contributed by atoms with Crippen LogP contribution in [0.15, 0.2) is 0 Å². The van der Waals surface area contributed by atoms with Gasteiger partial charge in [-0.15, -0.1) is 0 Å². The molecule has 2 N–H and O–H groups in total. The lowest BCUT2D eigenvalue weighted by Crippen LogP contribution is -2.44. The molecule has 0 rings (SSSR count).